The third-order valence-corrected chi connectivity index (χ3v) is 2.85. The fourth-order valence-corrected chi connectivity index (χ4v) is 1.99. The van der Waals surface area contributed by atoms with Crippen molar-refractivity contribution >= 4 is 10.8 Å². The molecule has 90 valence electrons. The molecule has 0 saturated carbocycles. The van der Waals surface area contributed by atoms with E-state index in [1.54, 1.807) is 0 Å². The molecule has 0 atom stereocenters. The second-order valence-electron chi connectivity index (χ2n) is 4.24. The molecule has 3 rings (SSSR count). The number of benzene rings is 3. The van der Waals surface area contributed by atoms with Gasteiger partial charge in [0.15, 0.2) is 0 Å². The van der Waals surface area contributed by atoms with Crippen molar-refractivity contribution in [1.29, 1.82) is 0 Å². The summed E-state index contributed by atoms with van der Waals surface area (Å²) in [5, 5.41) is 2.56. The Balaban J connectivity index is 0.000000220. The first-order chi connectivity index (χ1) is 8.79. The van der Waals surface area contributed by atoms with Gasteiger partial charge < -0.3 is 0 Å². The topological polar surface area (TPSA) is 0 Å². The number of hydrogen-bond donors (Lipinski definition) is 0. The molecule has 0 saturated heterocycles. The van der Waals surface area contributed by atoms with Gasteiger partial charge in [0.05, 0.1) is 0 Å². The van der Waals surface area contributed by atoms with Crippen molar-refractivity contribution < 1.29 is 32.7 Å². The largest absolute Gasteiger partial charge is 3.00 e. The normalized spacial score (nSPS) is 9.16. The van der Waals surface area contributed by atoms with Crippen LogP contribution in [0.25, 0.3) is 10.8 Å². The second-order valence-corrected chi connectivity index (χ2v) is 4.24. The number of fused-ring (bicyclic) bond motifs is 1. The van der Waals surface area contributed by atoms with Crippen LogP contribution in [0.1, 0.15) is 11.1 Å². The third-order valence-electron chi connectivity index (χ3n) is 2.85. The summed E-state index contributed by atoms with van der Waals surface area (Å²) in [5.74, 6) is 0. The molecular formula is C18H16Y+. The first-order valence-electron chi connectivity index (χ1n) is 6.07. The molecular weight excluding hydrogens is 305 g/mol. The minimum absolute atomic E-state index is 0. The molecule has 19 heavy (non-hydrogen) atoms. The maximum atomic E-state index is 3.23. The molecule has 0 aromatic heterocycles. The first kappa shape index (κ1) is 16.1. The summed E-state index contributed by atoms with van der Waals surface area (Å²) in [4.78, 5) is 0. The Bertz CT molecular complexity index is 551. The molecule has 3 aromatic carbocycles. The predicted molar refractivity (Wildman–Crippen MR) is 77.5 cm³/mol. The van der Waals surface area contributed by atoms with Crippen LogP contribution in [-0.2, 0) is 32.7 Å². The Labute approximate surface area is 140 Å². The van der Waals surface area contributed by atoms with Crippen LogP contribution in [0.2, 0.25) is 0 Å². The summed E-state index contributed by atoms with van der Waals surface area (Å²) in [6.07, 6.45) is 0. The molecule has 0 nitrogen and oxygen atoms in total. The van der Waals surface area contributed by atoms with Crippen molar-refractivity contribution in [3.05, 3.63) is 83.9 Å². The first-order valence-corrected chi connectivity index (χ1v) is 6.07. The molecule has 3 aromatic rings. The van der Waals surface area contributed by atoms with Crippen molar-refractivity contribution in [3.63, 3.8) is 0 Å². The number of rotatable bonds is 0. The summed E-state index contributed by atoms with van der Waals surface area (Å²) in [6.45, 7) is 4.28. The van der Waals surface area contributed by atoms with E-state index in [1.807, 2.05) is 36.4 Å². The van der Waals surface area contributed by atoms with E-state index in [2.05, 4.69) is 50.2 Å². The van der Waals surface area contributed by atoms with Gasteiger partial charge in [-0.3, -0.25) is 0 Å². The van der Waals surface area contributed by atoms with E-state index in [0.717, 1.165) is 0 Å². The van der Waals surface area contributed by atoms with Gasteiger partial charge in [0.25, 0.3) is 0 Å². The summed E-state index contributed by atoms with van der Waals surface area (Å²) < 4.78 is 0. The van der Waals surface area contributed by atoms with Gasteiger partial charge in [-0.25, -0.2) is 0 Å². The van der Waals surface area contributed by atoms with Gasteiger partial charge >= 0.3 is 32.7 Å². The Morgan fingerprint density at radius 2 is 1.42 bits per heavy atom. The predicted octanol–water partition coefficient (Wildman–Crippen LogP) is 4.74. The van der Waals surface area contributed by atoms with Crippen molar-refractivity contribution in [2.24, 2.45) is 0 Å². The van der Waals surface area contributed by atoms with Gasteiger partial charge in [0.2, 0.25) is 0 Å². The quantitative estimate of drug-likeness (QED) is 0.525. The summed E-state index contributed by atoms with van der Waals surface area (Å²) >= 11 is 0. The van der Waals surface area contributed by atoms with Crippen molar-refractivity contribution in [2.45, 2.75) is 13.8 Å². The molecule has 0 amide bonds. The van der Waals surface area contributed by atoms with E-state index in [9.17, 15) is 0 Å². The summed E-state index contributed by atoms with van der Waals surface area (Å²) in [5.41, 5.74) is 2.67. The Hall–Kier alpha value is -0.976. The average Bonchev–Trinajstić information content (AvgIpc) is 2.42. The van der Waals surface area contributed by atoms with Crippen LogP contribution in [0.4, 0.5) is 0 Å². The van der Waals surface area contributed by atoms with Crippen molar-refractivity contribution in [1.82, 2.24) is 0 Å². The van der Waals surface area contributed by atoms with E-state index in [1.165, 1.54) is 21.9 Å². The molecule has 0 spiro atoms. The van der Waals surface area contributed by atoms with Gasteiger partial charge in [-0.2, -0.15) is 36.4 Å². The third kappa shape index (κ3) is 4.56. The van der Waals surface area contributed by atoms with Gasteiger partial charge in [-0.1, -0.05) is 18.6 Å². The minimum Gasteiger partial charge on any atom is -0.184 e. The van der Waals surface area contributed by atoms with Crippen LogP contribution in [0.15, 0.2) is 60.7 Å². The number of hydrogen-bond acceptors (Lipinski definition) is 0. The summed E-state index contributed by atoms with van der Waals surface area (Å²) in [6, 6.07) is 26.1. The van der Waals surface area contributed by atoms with E-state index >= 15 is 0 Å². The van der Waals surface area contributed by atoms with Crippen LogP contribution >= 0.6 is 0 Å². The molecule has 0 aliphatic carbocycles. The molecule has 0 unspecified atom stereocenters. The van der Waals surface area contributed by atoms with Crippen LogP contribution in [0.3, 0.4) is 0 Å². The SMILES string of the molecule is Cc1cc[c-]c2cccc(C)c12.[Y+3].[c-]1ccccc1. The van der Waals surface area contributed by atoms with Crippen LogP contribution in [0, 0.1) is 26.0 Å². The molecule has 0 aliphatic rings. The van der Waals surface area contributed by atoms with E-state index in [0.29, 0.717) is 0 Å². The van der Waals surface area contributed by atoms with Gasteiger partial charge in [0, 0.05) is 0 Å². The zero-order chi connectivity index (χ0) is 12.8. The summed E-state index contributed by atoms with van der Waals surface area (Å²) in [7, 11) is 0. The zero-order valence-corrected chi connectivity index (χ0v) is 14.2. The van der Waals surface area contributed by atoms with E-state index < -0.39 is 0 Å². The maximum Gasteiger partial charge on any atom is 3.00 e. The van der Waals surface area contributed by atoms with Gasteiger partial charge in [-0.15, -0.1) is 46.7 Å². The Kier molecular flexibility index (Phi) is 6.98. The second kappa shape index (κ2) is 8.25. The van der Waals surface area contributed by atoms with E-state index in [4.69, 9.17) is 0 Å². The Morgan fingerprint density at radius 3 is 1.95 bits per heavy atom. The number of aryl methyl sites for hydroxylation is 2. The zero-order valence-electron chi connectivity index (χ0n) is 11.4. The molecule has 0 bridgehead atoms. The Morgan fingerprint density at radius 1 is 0.737 bits per heavy atom. The molecule has 0 aliphatic heterocycles. The van der Waals surface area contributed by atoms with Crippen LogP contribution in [0.5, 0.6) is 0 Å². The standard InChI is InChI=1S/C12H11.C6H5.Y/c1-9-5-3-7-11-8-4-6-10(2)12(9)11;1-2-4-6-5-3-1;/h3-7H,1-2H3;1-5H;/q2*-1;+3. The smallest absolute Gasteiger partial charge is 0.184 e. The molecule has 0 heterocycles. The van der Waals surface area contributed by atoms with E-state index in [-0.39, 0.29) is 32.7 Å². The van der Waals surface area contributed by atoms with Crippen molar-refractivity contribution in [3.8, 4) is 0 Å². The van der Waals surface area contributed by atoms with Gasteiger partial charge in [-0.05, 0) is 6.92 Å². The molecule has 0 fully saturated rings. The minimum atomic E-state index is 0. The molecule has 0 radical (unpaired) electrons. The fourth-order valence-electron chi connectivity index (χ4n) is 1.99. The molecule has 0 N–H and O–H groups in total. The van der Waals surface area contributed by atoms with Gasteiger partial charge in [0.1, 0.15) is 0 Å². The monoisotopic (exact) mass is 321 g/mol. The van der Waals surface area contributed by atoms with Crippen molar-refractivity contribution in [2.75, 3.05) is 0 Å². The molecule has 1 heteroatoms. The maximum absolute atomic E-state index is 3.23. The fraction of sp³-hybridized carbons (Fsp3) is 0.111. The van der Waals surface area contributed by atoms with Crippen LogP contribution in [-0.4, -0.2) is 0 Å². The average molecular weight is 321 g/mol. The van der Waals surface area contributed by atoms with Crippen LogP contribution < -0.4 is 0 Å².